The minimum absolute atomic E-state index is 0.0456. The number of nitrogens with two attached hydrogens (primary N) is 1. The summed E-state index contributed by atoms with van der Waals surface area (Å²) in [5.41, 5.74) is 12.1. The van der Waals surface area contributed by atoms with Crippen LogP contribution in [0, 0.1) is 18.3 Å². The fraction of sp³-hybridized carbons (Fsp3) is 0.556. The van der Waals surface area contributed by atoms with Gasteiger partial charge in [0.2, 0.25) is 0 Å². The van der Waals surface area contributed by atoms with E-state index in [1.165, 1.54) is 5.56 Å². The highest BCUT2D eigenvalue weighted by atomic mass is 16.6. The van der Waals surface area contributed by atoms with Gasteiger partial charge in [0.25, 0.3) is 0 Å². The number of nitrogens with zero attached hydrogens (tertiary/aromatic N) is 1. The summed E-state index contributed by atoms with van der Waals surface area (Å²) in [6, 6.07) is 8.27. The van der Waals surface area contributed by atoms with E-state index < -0.39 is 5.60 Å². The molecule has 0 spiro atoms. The highest BCUT2D eigenvalue weighted by molar-refractivity contribution is 5.99. The van der Waals surface area contributed by atoms with E-state index in [9.17, 15) is 4.79 Å². The predicted molar refractivity (Wildman–Crippen MR) is 129 cm³/mol. The van der Waals surface area contributed by atoms with Gasteiger partial charge in [-0.3, -0.25) is 4.98 Å². The highest BCUT2D eigenvalue weighted by Crippen LogP contribution is 2.36. The van der Waals surface area contributed by atoms with Crippen LogP contribution >= 0.6 is 0 Å². The number of hydrogen-bond donors (Lipinski definition) is 1. The van der Waals surface area contributed by atoms with Crippen molar-refractivity contribution in [2.45, 2.75) is 87.3 Å². The van der Waals surface area contributed by atoms with Crippen molar-refractivity contribution in [1.29, 1.82) is 0 Å². The molecular weight excluding hydrogens is 384 g/mol. The number of ether oxygens (including phenoxy) is 1. The van der Waals surface area contributed by atoms with Crippen molar-refractivity contribution in [1.82, 2.24) is 4.98 Å². The van der Waals surface area contributed by atoms with E-state index in [4.69, 9.17) is 15.5 Å². The van der Waals surface area contributed by atoms with Crippen LogP contribution in [0.2, 0.25) is 0 Å². The van der Waals surface area contributed by atoms with Crippen LogP contribution in [0.25, 0.3) is 11.1 Å². The first-order valence-corrected chi connectivity index (χ1v) is 11.3. The zero-order valence-electron chi connectivity index (χ0n) is 20.8. The van der Waals surface area contributed by atoms with E-state index in [0.717, 1.165) is 34.5 Å². The Morgan fingerprint density at radius 3 is 2.06 bits per heavy atom. The SMILES string of the molecule is Cc1ccc(-c2c(CN)c(CC(C)(C)C)nc(CC(C)C)c2C(=O)OC(C)(C)C)cc1. The smallest absolute Gasteiger partial charge is 0.341 e. The molecule has 0 aliphatic rings. The maximum Gasteiger partial charge on any atom is 0.341 e. The summed E-state index contributed by atoms with van der Waals surface area (Å²) in [7, 11) is 0. The molecule has 1 heterocycles. The molecule has 1 aromatic carbocycles. The third-order valence-electron chi connectivity index (χ3n) is 4.91. The van der Waals surface area contributed by atoms with Gasteiger partial charge < -0.3 is 10.5 Å². The van der Waals surface area contributed by atoms with Crippen LogP contribution in [-0.2, 0) is 24.1 Å². The Balaban J connectivity index is 2.91. The van der Waals surface area contributed by atoms with Gasteiger partial charge in [0.05, 0.1) is 11.3 Å². The van der Waals surface area contributed by atoms with Gasteiger partial charge in [0, 0.05) is 17.8 Å². The van der Waals surface area contributed by atoms with Gasteiger partial charge in [-0.2, -0.15) is 0 Å². The van der Waals surface area contributed by atoms with Gasteiger partial charge in [0.1, 0.15) is 5.60 Å². The molecule has 0 radical (unpaired) electrons. The summed E-state index contributed by atoms with van der Waals surface area (Å²) in [6.07, 6.45) is 1.49. The Bertz CT molecular complexity index is 914. The standard InChI is InChI=1S/C27H40N2O2/c1-17(2)14-21-24(25(30)31-27(7,8)9)23(19-12-10-18(3)11-13-19)20(16-28)22(29-21)15-26(4,5)6/h10-13,17H,14-16,28H2,1-9H3. The molecule has 4 nitrogen and oxygen atoms in total. The molecule has 0 amide bonds. The van der Waals surface area contributed by atoms with Crippen molar-refractivity contribution in [2.75, 3.05) is 0 Å². The molecule has 0 unspecified atom stereocenters. The lowest BCUT2D eigenvalue weighted by Gasteiger charge is -2.27. The van der Waals surface area contributed by atoms with Gasteiger partial charge in [0.15, 0.2) is 0 Å². The second-order valence-corrected chi connectivity index (χ2v) is 11.1. The molecule has 0 bridgehead atoms. The van der Waals surface area contributed by atoms with Crippen LogP contribution in [0.15, 0.2) is 24.3 Å². The molecule has 0 saturated carbocycles. The number of hydrogen-bond acceptors (Lipinski definition) is 4. The Morgan fingerprint density at radius 2 is 1.61 bits per heavy atom. The number of carbonyl (C=O) groups is 1. The molecule has 2 aromatic rings. The number of esters is 1. The maximum absolute atomic E-state index is 13.5. The zero-order valence-corrected chi connectivity index (χ0v) is 20.8. The minimum Gasteiger partial charge on any atom is -0.456 e. The van der Waals surface area contributed by atoms with Crippen LogP contribution in [0.1, 0.15) is 88.3 Å². The topological polar surface area (TPSA) is 65.2 Å². The van der Waals surface area contributed by atoms with Crippen molar-refractivity contribution in [2.24, 2.45) is 17.1 Å². The molecule has 4 heteroatoms. The second kappa shape index (κ2) is 9.52. The van der Waals surface area contributed by atoms with Crippen LogP contribution < -0.4 is 5.73 Å². The minimum atomic E-state index is -0.594. The Morgan fingerprint density at radius 1 is 1.03 bits per heavy atom. The van der Waals surface area contributed by atoms with E-state index in [-0.39, 0.29) is 11.4 Å². The van der Waals surface area contributed by atoms with Gasteiger partial charge in [-0.1, -0.05) is 64.4 Å². The molecule has 0 saturated heterocycles. The van der Waals surface area contributed by atoms with Gasteiger partial charge in [-0.15, -0.1) is 0 Å². The average Bonchev–Trinajstić information content (AvgIpc) is 2.58. The van der Waals surface area contributed by atoms with Gasteiger partial charge >= 0.3 is 5.97 Å². The fourth-order valence-electron chi connectivity index (χ4n) is 3.72. The van der Waals surface area contributed by atoms with Crippen molar-refractivity contribution in [3.8, 4) is 11.1 Å². The molecule has 0 atom stereocenters. The van der Waals surface area contributed by atoms with Crippen molar-refractivity contribution in [3.05, 3.63) is 52.3 Å². The summed E-state index contributed by atoms with van der Waals surface area (Å²) in [6.45, 7) is 18.9. The summed E-state index contributed by atoms with van der Waals surface area (Å²) in [5.74, 6) is 0.0222. The van der Waals surface area contributed by atoms with Crippen molar-refractivity contribution < 1.29 is 9.53 Å². The Hall–Kier alpha value is -2.20. The lowest BCUT2D eigenvalue weighted by molar-refractivity contribution is 0.00684. The third kappa shape index (κ3) is 6.90. The molecular formula is C27H40N2O2. The van der Waals surface area contributed by atoms with Gasteiger partial charge in [-0.25, -0.2) is 4.79 Å². The molecule has 0 fully saturated rings. The molecule has 2 rings (SSSR count). The van der Waals surface area contributed by atoms with E-state index in [0.29, 0.717) is 24.4 Å². The quantitative estimate of drug-likeness (QED) is 0.556. The maximum atomic E-state index is 13.5. The molecule has 31 heavy (non-hydrogen) atoms. The van der Waals surface area contributed by atoms with Crippen molar-refractivity contribution >= 4 is 5.97 Å². The van der Waals surface area contributed by atoms with E-state index in [1.807, 2.05) is 20.8 Å². The second-order valence-electron chi connectivity index (χ2n) is 11.1. The summed E-state index contributed by atoms with van der Waals surface area (Å²) in [4.78, 5) is 18.5. The third-order valence-corrected chi connectivity index (χ3v) is 4.91. The van der Waals surface area contributed by atoms with Crippen LogP contribution in [-0.4, -0.2) is 16.6 Å². The monoisotopic (exact) mass is 424 g/mol. The Labute approximate surface area is 188 Å². The van der Waals surface area contributed by atoms with Crippen LogP contribution in [0.4, 0.5) is 0 Å². The molecule has 0 aliphatic carbocycles. The summed E-state index contributed by atoms with van der Waals surface area (Å²) in [5, 5.41) is 0. The molecule has 1 aromatic heterocycles. The lowest BCUT2D eigenvalue weighted by atomic mass is 9.84. The lowest BCUT2D eigenvalue weighted by Crippen LogP contribution is -2.27. The number of aryl methyl sites for hydroxylation is 1. The normalized spacial score (nSPS) is 12.4. The number of carbonyl (C=O) groups excluding carboxylic acids is 1. The number of rotatable bonds is 6. The fourth-order valence-corrected chi connectivity index (χ4v) is 3.72. The van der Waals surface area contributed by atoms with E-state index >= 15 is 0 Å². The molecule has 170 valence electrons. The molecule has 0 aliphatic heterocycles. The molecule has 2 N–H and O–H groups in total. The van der Waals surface area contributed by atoms with E-state index in [1.54, 1.807) is 0 Å². The highest BCUT2D eigenvalue weighted by Gasteiger charge is 2.29. The first kappa shape index (κ1) is 25.1. The number of benzene rings is 1. The summed E-state index contributed by atoms with van der Waals surface area (Å²) >= 11 is 0. The number of pyridine rings is 1. The first-order chi connectivity index (χ1) is 14.2. The number of aromatic nitrogens is 1. The summed E-state index contributed by atoms with van der Waals surface area (Å²) < 4.78 is 5.85. The first-order valence-electron chi connectivity index (χ1n) is 11.3. The predicted octanol–water partition coefficient (Wildman–Crippen LogP) is 6.26. The van der Waals surface area contributed by atoms with E-state index in [2.05, 4.69) is 65.8 Å². The van der Waals surface area contributed by atoms with Crippen LogP contribution in [0.5, 0.6) is 0 Å². The van der Waals surface area contributed by atoms with Crippen LogP contribution in [0.3, 0.4) is 0 Å². The van der Waals surface area contributed by atoms with Gasteiger partial charge in [-0.05, 0) is 63.0 Å². The Kier molecular flexibility index (Phi) is 7.70. The largest absolute Gasteiger partial charge is 0.456 e. The zero-order chi connectivity index (χ0) is 23.6. The average molecular weight is 425 g/mol. The van der Waals surface area contributed by atoms with Crippen molar-refractivity contribution in [3.63, 3.8) is 0 Å².